The topological polar surface area (TPSA) is 8.17 Å². The smallest absolute Gasteiger partial charge is 0.138 e. The number of hydrogen-bond donors (Lipinski definition) is 0. The first-order chi connectivity index (χ1) is 8.01. The molecule has 0 bridgehead atoms. The molecule has 1 heterocycles. The number of aromatic nitrogens is 1. The van der Waals surface area contributed by atoms with E-state index in [1.807, 2.05) is 0 Å². The fourth-order valence-corrected chi connectivity index (χ4v) is 3.50. The van der Waals surface area contributed by atoms with Crippen molar-refractivity contribution in [1.29, 1.82) is 0 Å². The molecule has 0 amide bonds. The molecule has 17 heavy (non-hydrogen) atoms. The molecule has 1 atom stereocenters. The van der Waals surface area contributed by atoms with Crippen LogP contribution in [0.5, 0.6) is 0 Å². The van der Waals surface area contributed by atoms with Crippen molar-refractivity contribution in [2.45, 2.75) is 40.0 Å². The first kappa shape index (κ1) is 14.6. The van der Waals surface area contributed by atoms with Gasteiger partial charge in [0.15, 0.2) is 0 Å². The molecule has 0 aliphatic heterocycles. The molecule has 0 saturated carbocycles. The van der Waals surface area contributed by atoms with E-state index in [0.717, 1.165) is 17.4 Å². The summed E-state index contributed by atoms with van der Waals surface area (Å²) in [4.78, 5) is 2.22. The van der Waals surface area contributed by atoms with E-state index in [-0.39, 0.29) is 0 Å². The first-order valence-corrected chi connectivity index (χ1v) is 7.39. The monoisotopic (exact) mass is 270 g/mol. The third kappa shape index (κ3) is 3.49. The molecule has 0 N–H and O–H groups in total. The fraction of sp³-hybridized carbons (Fsp3) is 0.615. The van der Waals surface area contributed by atoms with Gasteiger partial charge in [-0.05, 0) is 46.2 Å². The molecule has 0 radical (unpaired) electrons. The van der Waals surface area contributed by atoms with Gasteiger partial charge in [-0.2, -0.15) is 0 Å². The van der Waals surface area contributed by atoms with Crippen LogP contribution in [0.1, 0.15) is 37.4 Å². The molecule has 2 nitrogen and oxygen atoms in total. The van der Waals surface area contributed by atoms with Crippen molar-refractivity contribution in [2.24, 2.45) is 0 Å². The van der Waals surface area contributed by atoms with E-state index in [2.05, 4.69) is 56.3 Å². The van der Waals surface area contributed by atoms with Crippen LogP contribution in [-0.4, -0.2) is 26.9 Å². The maximum Gasteiger partial charge on any atom is 0.138 e. The third-order valence-corrected chi connectivity index (χ3v) is 4.70. The second-order valence-electron chi connectivity index (χ2n) is 4.15. The summed E-state index contributed by atoms with van der Waals surface area (Å²) in [5, 5.41) is 0.358. The Morgan fingerprint density at radius 3 is 2.41 bits per heavy atom. The van der Waals surface area contributed by atoms with Gasteiger partial charge in [0.05, 0.1) is 5.37 Å². The number of rotatable bonds is 4. The Bertz CT molecular complexity index is 381. The van der Waals surface area contributed by atoms with Gasteiger partial charge in [-0.3, -0.25) is 0 Å². The minimum absolute atomic E-state index is 0.358. The highest BCUT2D eigenvalue weighted by molar-refractivity contribution is 8.22. The van der Waals surface area contributed by atoms with Gasteiger partial charge in [0.2, 0.25) is 0 Å². The lowest BCUT2D eigenvalue weighted by Crippen LogP contribution is -2.27. The zero-order valence-electron chi connectivity index (χ0n) is 11.4. The normalized spacial score (nSPS) is 12.5. The summed E-state index contributed by atoms with van der Waals surface area (Å²) in [6.07, 6.45) is 2.15. The van der Waals surface area contributed by atoms with Gasteiger partial charge in [-0.15, -0.1) is 0 Å². The predicted octanol–water partition coefficient (Wildman–Crippen LogP) is 3.98. The summed E-state index contributed by atoms with van der Waals surface area (Å²) < 4.78 is 3.28. The van der Waals surface area contributed by atoms with Gasteiger partial charge in [-0.1, -0.05) is 24.0 Å². The Balaban J connectivity index is 2.69. The molecular formula is C13H22N2S2. The molecule has 96 valence electrons. The van der Waals surface area contributed by atoms with E-state index in [1.165, 1.54) is 11.3 Å². The minimum Gasteiger partial charge on any atom is -0.358 e. The summed E-state index contributed by atoms with van der Waals surface area (Å²) in [5.74, 6) is 0. The molecule has 4 heteroatoms. The van der Waals surface area contributed by atoms with Crippen LogP contribution < -0.4 is 0 Å². The van der Waals surface area contributed by atoms with E-state index in [1.54, 1.807) is 11.8 Å². The zero-order valence-corrected chi connectivity index (χ0v) is 13.0. The SMILES string of the molecule is CCN(CC)C(=S)S[C@@H](C)n1ccc(C)c1C. The van der Waals surface area contributed by atoms with Crippen LogP contribution in [0.4, 0.5) is 0 Å². The van der Waals surface area contributed by atoms with Gasteiger partial charge >= 0.3 is 0 Å². The maximum absolute atomic E-state index is 5.48. The Hall–Kier alpha value is -0.480. The summed E-state index contributed by atoms with van der Waals surface area (Å²) in [6.45, 7) is 12.8. The standard InChI is InChI=1S/C13H22N2S2/c1-6-14(7-2)13(16)17-12(5)15-9-8-10(3)11(15)4/h8-9,12H,6-7H2,1-5H3/t12-/m0/s1. The van der Waals surface area contributed by atoms with Crippen LogP contribution >= 0.6 is 24.0 Å². The van der Waals surface area contributed by atoms with Gasteiger partial charge in [0.1, 0.15) is 4.32 Å². The van der Waals surface area contributed by atoms with Crippen LogP contribution in [-0.2, 0) is 0 Å². The van der Waals surface area contributed by atoms with Crippen LogP contribution in [0.15, 0.2) is 12.3 Å². The quantitative estimate of drug-likeness (QED) is 0.765. The predicted molar refractivity (Wildman–Crippen MR) is 81.7 cm³/mol. The molecule has 0 fully saturated rings. The van der Waals surface area contributed by atoms with E-state index in [4.69, 9.17) is 12.2 Å². The zero-order chi connectivity index (χ0) is 13.0. The third-order valence-electron chi connectivity index (χ3n) is 3.13. The average molecular weight is 270 g/mol. The van der Waals surface area contributed by atoms with Crippen LogP contribution in [0.2, 0.25) is 0 Å². The molecule has 0 aliphatic carbocycles. The number of thioether (sulfide) groups is 1. The summed E-state index contributed by atoms with van der Waals surface area (Å²) in [6, 6.07) is 2.16. The molecule has 0 saturated heterocycles. The summed E-state index contributed by atoms with van der Waals surface area (Å²) in [7, 11) is 0. The molecule has 0 aliphatic rings. The van der Waals surface area contributed by atoms with Crippen LogP contribution in [0, 0.1) is 13.8 Å². The highest BCUT2D eigenvalue weighted by Crippen LogP contribution is 2.27. The average Bonchev–Trinajstić information content (AvgIpc) is 2.61. The molecule has 0 unspecified atom stereocenters. The van der Waals surface area contributed by atoms with E-state index >= 15 is 0 Å². The summed E-state index contributed by atoms with van der Waals surface area (Å²) in [5.41, 5.74) is 2.67. The second-order valence-corrected chi connectivity index (χ2v) is 6.10. The number of nitrogens with zero attached hydrogens (tertiary/aromatic N) is 2. The highest BCUT2D eigenvalue weighted by Gasteiger charge is 2.14. The van der Waals surface area contributed by atoms with Crippen molar-refractivity contribution in [3.8, 4) is 0 Å². The number of thiocarbonyl (C=S) groups is 1. The molecule has 0 aromatic carbocycles. The Morgan fingerprint density at radius 2 is 2.00 bits per heavy atom. The van der Waals surface area contributed by atoms with Crippen molar-refractivity contribution in [3.05, 3.63) is 23.5 Å². The van der Waals surface area contributed by atoms with Crippen molar-refractivity contribution in [3.63, 3.8) is 0 Å². The lowest BCUT2D eigenvalue weighted by molar-refractivity contribution is 0.481. The van der Waals surface area contributed by atoms with Gasteiger partial charge in [0.25, 0.3) is 0 Å². The molecule has 1 aromatic heterocycles. The van der Waals surface area contributed by atoms with Crippen molar-refractivity contribution >= 4 is 28.3 Å². The molecular weight excluding hydrogens is 248 g/mol. The number of aryl methyl sites for hydroxylation is 1. The largest absolute Gasteiger partial charge is 0.358 e. The van der Waals surface area contributed by atoms with Gasteiger partial charge < -0.3 is 9.47 Å². The van der Waals surface area contributed by atoms with E-state index in [9.17, 15) is 0 Å². The van der Waals surface area contributed by atoms with Crippen LogP contribution in [0.3, 0.4) is 0 Å². The van der Waals surface area contributed by atoms with Crippen molar-refractivity contribution in [1.82, 2.24) is 9.47 Å². The second kappa shape index (κ2) is 6.45. The maximum atomic E-state index is 5.48. The lowest BCUT2D eigenvalue weighted by Gasteiger charge is -2.24. The molecule has 1 aromatic rings. The number of hydrogen-bond acceptors (Lipinski definition) is 2. The van der Waals surface area contributed by atoms with Gasteiger partial charge in [-0.25, -0.2) is 0 Å². The fourth-order valence-electron chi connectivity index (χ4n) is 1.78. The summed E-state index contributed by atoms with van der Waals surface area (Å²) >= 11 is 7.23. The van der Waals surface area contributed by atoms with Gasteiger partial charge in [0, 0.05) is 25.0 Å². The lowest BCUT2D eigenvalue weighted by atomic mass is 10.3. The minimum atomic E-state index is 0.358. The Morgan fingerprint density at radius 1 is 1.41 bits per heavy atom. The van der Waals surface area contributed by atoms with Crippen LogP contribution in [0.25, 0.3) is 0 Å². The Kier molecular flexibility index (Phi) is 5.53. The van der Waals surface area contributed by atoms with E-state index in [0.29, 0.717) is 5.37 Å². The van der Waals surface area contributed by atoms with E-state index < -0.39 is 0 Å². The van der Waals surface area contributed by atoms with Crippen molar-refractivity contribution < 1.29 is 0 Å². The molecule has 1 rings (SSSR count). The Labute approximate surface area is 114 Å². The highest BCUT2D eigenvalue weighted by atomic mass is 32.2. The van der Waals surface area contributed by atoms with Crippen molar-refractivity contribution in [2.75, 3.05) is 13.1 Å². The molecule has 0 spiro atoms. The first-order valence-electron chi connectivity index (χ1n) is 6.10.